The molecule has 1 aliphatic carbocycles. The molecule has 0 bridgehead atoms. The first-order chi connectivity index (χ1) is 9.56. The summed E-state index contributed by atoms with van der Waals surface area (Å²) >= 11 is 0. The molecule has 0 amide bonds. The molecule has 1 saturated carbocycles. The molecule has 106 valence electrons. The van der Waals surface area contributed by atoms with Gasteiger partial charge in [-0.2, -0.15) is 5.10 Å². The van der Waals surface area contributed by atoms with Crippen LogP contribution >= 0.6 is 0 Å². The van der Waals surface area contributed by atoms with Crippen molar-refractivity contribution in [1.29, 1.82) is 0 Å². The van der Waals surface area contributed by atoms with Crippen molar-refractivity contribution in [2.75, 3.05) is 12.3 Å². The average Bonchev–Trinajstić information content (AvgIpc) is 3.15. The third kappa shape index (κ3) is 2.33. The number of ether oxygens (including phenoxy) is 1. The minimum absolute atomic E-state index is 0.0398. The van der Waals surface area contributed by atoms with Crippen LogP contribution < -0.4 is 10.5 Å². The number of nitrogen functional groups attached to an aromatic ring is 1. The summed E-state index contributed by atoms with van der Waals surface area (Å²) in [5.41, 5.74) is 6.64. The van der Waals surface area contributed by atoms with E-state index in [-0.39, 0.29) is 5.75 Å². The number of benzene rings is 1. The van der Waals surface area contributed by atoms with Gasteiger partial charge in [0.05, 0.1) is 12.8 Å². The quantitative estimate of drug-likeness (QED) is 0.936. The maximum Gasteiger partial charge on any atom is 0.168 e. The Morgan fingerprint density at radius 1 is 1.35 bits per heavy atom. The van der Waals surface area contributed by atoms with Gasteiger partial charge in [-0.05, 0) is 24.8 Å². The van der Waals surface area contributed by atoms with Crippen molar-refractivity contribution in [2.24, 2.45) is 13.0 Å². The van der Waals surface area contributed by atoms with E-state index in [1.54, 1.807) is 7.05 Å². The second kappa shape index (κ2) is 4.77. The van der Waals surface area contributed by atoms with Crippen LogP contribution in [0.15, 0.2) is 18.3 Å². The van der Waals surface area contributed by atoms with E-state index in [2.05, 4.69) is 5.10 Å². The summed E-state index contributed by atoms with van der Waals surface area (Å²) in [5.74, 6) is -0.536. The topological polar surface area (TPSA) is 53.1 Å². The highest BCUT2D eigenvalue weighted by molar-refractivity contribution is 5.78. The van der Waals surface area contributed by atoms with Crippen molar-refractivity contribution < 1.29 is 13.5 Å². The zero-order chi connectivity index (χ0) is 14.3. The van der Waals surface area contributed by atoms with Gasteiger partial charge in [-0.3, -0.25) is 4.68 Å². The van der Waals surface area contributed by atoms with E-state index in [4.69, 9.17) is 10.5 Å². The first-order valence-electron chi connectivity index (χ1n) is 6.46. The Morgan fingerprint density at radius 3 is 2.70 bits per heavy atom. The second-order valence-electron chi connectivity index (χ2n) is 5.09. The number of hydrogen-bond acceptors (Lipinski definition) is 3. The third-order valence-electron chi connectivity index (χ3n) is 3.44. The molecule has 2 aromatic rings. The van der Waals surface area contributed by atoms with Crippen molar-refractivity contribution in [3.63, 3.8) is 0 Å². The lowest BCUT2D eigenvalue weighted by molar-refractivity contribution is 0.286. The molecule has 6 heteroatoms. The van der Waals surface area contributed by atoms with Crippen LogP contribution in [0.2, 0.25) is 0 Å². The maximum absolute atomic E-state index is 14.0. The molecule has 0 radical (unpaired) electrons. The van der Waals surface area contributed by atoms with E-state index in [1.807, 2.05) is 0 Å². The lowest BCUT2D eigenvalue weighted by Crippen LogP contribution is -2.04. The SMILES string of the molecule is Cn1ncc(-c2cc(F)cc(F)c2OCC2CC2)c1N. The predicted octanol–water partition coefficient (Wildman–Crippen LogP) is 2.74. The van der Waals surface area contributed by atoms with Crippen LogP contribution in [0.5, 0.6) is 5.75 Å². The number of halogens is 2. The predicted molar refractivity (Wildman–Crippen MR) is 71.2 cm³/mol. The molecule has 0 unspecified atom stereocenters. The Kier molecular flexibility index (Phi) is 3.08. The number of aryl methyl sites for hydroxylation is 1. The number of nitrogens with zero attached hydrogens (tertiary/aromatic N) is 2. The van der Waals surface area contributed by atoms with Crippen LogP contribution in [-0.4, -0.2) is 16.4 Å². The van der Waals surface area contributed by atoms with Crippen molar-refractivity contribution in [2.45, 2.75) is 12.8 Å². The van der Waals surface area contributed by atoms with Gasteiger partial charge in [-0.1, -0.05) is 0 Å². The number of aromatic nitrogens is 2. The fourth-order valence-electron chi connectivity index (χ4n) is 2.05. The third-order valence-corrected chi connectivity index (χ3v) is 3.44. The molecular weight excluding hydrogens is 264 g/mol. The molecule has 20 heavy (non-hydrogen) atoms. The second-order valence-corrected chi connectivity index (χ2v) is 5.09. The molecule has 0 saturated heterocycles. The van der Waals surface area contributed by atoms with E-state index in [1.165, 1.54) is 16.9 Å². The molecule has 2 N–H and O–H groups in total. The van der Waals surface area contributed by atoms with Crippen LogP contribution in [0.3, 0.4) is 0 Å². The normalized spacial score (nSPS) is 14.6. The van der Waals surface area contributed by atoms with Crippen LogP contribution in [0.4, 0.5) is 14.6 Å². The van der Waals surface area contributed by atoms with Crippen LogP contribution in [0, 0.1) is 17.6 Å². The Bertz CT molecular complexity index is 650. The molecule has 1 aromatic heterocycles. The lowest BCUT2D eigenvalue weighted by Gasteiger charge is -2.12. The minimum atomic E-state index is -0.719. The van der Waals surface area contributed by atoms with E-state index >= 15 is 0 Å². The zero-order valence-electron chi connectivity index (χ0n) is 11.1. The fourth-order valence-corrected chi connectivity index (χ4v) is 2.05. The molecule has 4 nitrogen and oxygen atoms in total. The lowest BCUT2D eigenvalue weighted by atomic mass is 10.1. The summed E-state index contributed by atoms with van der Waals surface area (Å²) in [6, 6.07) is 2.04. The van der Waals surface area contributed by atoms with Gasteiger partial charge >= 0.3 is 0 Å². The number of nitrogens with two attached hydrogens (primary N) is 1. The molecule has 0 atom stereocenters. The molecule has 0 aliphatic heterocycles. The van der Waals surface area contributed by atoms with Gasteiger partial charge in [0, 0.05) is 24.2 Å². The van der Waals surface area contributed by atoms with Gasteiger partial charge in [0.1, 0.15) is 11.6 Å². The summed E-state index contributed by atoms with van der Waals surface area (Å²) in [6.45, 7) is 0.440. The zero-order valence-corrected chi connectivity index (χ0v) is 11.1. The van der Waals surface area contributed by atoms with Crippen molar-refractivity contribution in [3.8, 4) is 16.9 Å². The smallest absolute Gasteiger partial charge is 0.168 e. The van der Waals surface area contributed by atoms with E-state index < -0.39 is 11.6 Å². The van der Waals surface area contributed by atoms with Crippen molar-refractivity contribution in [3.05, 3.63) is 30.0 Å². The highest BCUT2D eigenvalue weighted by Crippen LogP contribution is 2.38. The monoisotopic (exact) mass is 279 g/mol. The summed E-state index contributed by atoms with van der Waals surface area (Å²) < 4.78 is 34.4. The molecule has 1 aliphatic rings. The minimum Gasteiger partial charge on any atom is -0.490 e. The Labute approximate surface area is 115 Å². The van der Waals surface area contributed by atoms with E-state index in [9.17, 15) is 8.78 Å². The molecule has 3 rings (SSSR count). The summed E-state index contributed by atoms with van der Waals surface area (Å²) in [4.78, 5) is 0. The van der Waals surface area contributed by atoms with Gasteiger partial charge in [-0.15, -0.1) is 0 Å². The summed E-state index contributed by atoms with van der Waals surface area (Å²) in [7, 11) is 1.67. The van der Waals surface area contributed by atoms with Gasteiger partial charge in [0.2, 0.25) is 0 Å². The van der Waals surface area contributed by atoms with Gasteiger partial charge in [0.25, 0.3) is 0 Å². The Hall–Kier alpha value is -2.11. The summed E-state index contributed by atoms with van der Waals surface area (Å²) in [5, 5.41) is 3.99. The number of anilines is 1. The first-order valence-corrected chi connectivity index (χ1v) is 6.46. The van der Waals surface area contributed by atoms with Crippen LogP contribution in [0.1, 0.15) is 12.8 Å². The van der Waals surface area contributed by atoms with Gasteiger partial charge in [-0.25, -0.2) is 8.78 Å². The Balaban J connectivity index is 2.04. The van der Waals surface area contributed by atoms with Gasteiger partial charge < -0.3 is 10.5 Å². The van der Waals surface area contributed by atoms with Gasteiger partial charge in [0.15, 0.2) is 11.6 Å². The van der Waals surface area contributed by atoms with Crippen LogP contribution in [0.25, 0.3) is 11.1 Å². The van der Waals surface area contributed by atoms with Crippen molar-refractivity contribution in [1.82, 2.24) is 9.78 Å². The Morgan fingerprint density at radius 2 is 2.10 bits per heavy atom. The molecule has 1 aromatic carbocycles. The first kappa shape index (κ1) is 12.9. The fraction of sp³-hybridized carbons (Fsp3) is 0.357. The van der Waals surface area contributed by atoms with E-state index in [0.29, 0.717) is 29.5 Å². The summed E-state index contributed by atoms with van der Waals surface area (Å²) in [6.07, 6.45) is 3.66. The molecule has 0 spiro atoms. The average molecular weight is 279 g/mol. The number of rotatable bonds is 4. The van der Waals surface area contributed by atoms with Crippen molar-refractivity contribution >= 4 is 5.82 Å². The highest BCUT2D eigenvalue weighted by atomic mass is 19.1. The molecule has 1 heterocycles. The largest absolute Gasteiger partial charge is 0.490 e. The maximum atomic E-state index is 14.0. The molecule has 1 fully saturated rings. The molecular formula is C14H15F2N3O. The highest BCUT2D eigenvalue weighted by Gasteiger charge is 2.24. The van der Waals surface area contributed by atoms with Crippen LogP contribution in [-0.2, 0) is 7.05 Å². The number of hydrogen-bond donors (Lipinski definition) is 1. The standard InChI is InChI=1S/C14H15F2N3O/c1-19-14(17)11(6-18-19)10-4-9(15)5-12(16)13(10)20-7-8-2-3-8/h4-6,8H,2-3,7,17H2,1H3. The van der Waals surface area contributed by atoms with E-state index in [0.717, 1.165) is 18.9 Å².